The van der Waals surface area contributed by atoms with E-state index in [2.05, 4.69) is 17.6 Å². The van der Waals surface area contributed by atoms with Crippen molar-refractivity contribution in [1.82, 2.24) is 5.32 Å². The normalized spacial score (nSPS) is 21.8. The fourth-order valence-corrected chi connectivity index (χ4v) is 2.41. The highest BCUT2D eigenvalue weighted by Crippen LogP contribution is 2.18. The van der Waals surface area contributed by atoms with Crippen LogP contribution in [0.15, 0.2) is 24.3 Å². The maximum absolute atomic E-state index is 12.2. The van der Waals surface area contributed by atoms with Gasteiger partial charge in [-0.25, -0.2) is 0 Å². The molecule has 5 nitrogen and oxygen atoms in total. The highest BCUT2D eigenvalue weighted by atomic mass is 16.5. The van der Waals surface area contributed by atoms with Crippen LogP contribution in [0.3, 0.4) is 0 Å². The molecule has 1 saturated heterocycles. The van der Waals surface area contributed by atoms with Gasteiger partial charge in [-0.1, -0.05) is 6.92 Å². The Balaban J connectivity index is 1.83. The molecule has 1 aliphatic heterocycles. The summed E-state index contributed by atoms with van der Waals surface area (Å²) in [5.41, 5.74) is 0.791. The maximum atomic E-state index is 12.2. The lowest BCUT2D eigenvalue weighted by atomic mass is 9.94. The minimum absolute atomic E-state index is 0.0367. The van der Waals surface area contributed by atoms with E-state index in [1.807, 2.05) is 24.3 Å². The lowest BCUT2D eigenvalue weighted by Gasteiger charge is -2.27. The van der Waals surface area contributed by atoms with Crippen molar-refractivity contribution in [1.29, 1.82) is 0 Å². The Morgan fingerprint density at radius 1 is 1.33 bits per heavy atom. The molecule has 2 atom stereocenters. The van der Waals surface area contributed by atoms with E-state index in [1.54, 1.807) is 7.11 Å². The van der Waals surface area contributed by atoms with Crippen molar-refractivity contribution in [3.63, 3.8) is 0 Å². The summed E-state index contributed by atoms with van der Waals surface area (Å²) in [6.45, 7) is 4.18. The van der Waals surface area contributed by atoms with Crippen molar-refractivity contribution in [3.05, 3.63) is 24.3 Å². The van der Waals surface area contributed by atoms with Crippen molar-refractivity contribution in [2.45, 2.75) is 25.8 Å². The van der Waals surface area contributed by atoms with E-state index in [0.717, 1.165) is 30.8 Å². The van der Waals surface area contributed by atoms with Crippen LogP contribution >= 0.6 is 0 Å². The monoisotopic (exact) mass is 292 g/mol. The molecule has 0 aromatic heterocycles. The highest BCUT2D eigenvalue weighted by Gasteiger charge is 2.24. The first-order valence-electron chi connectivity index (χ1n) is 7.45. The highest BCUT2D eigenvalue weighted by molar-refractivity contribution is 5.94. The van der Waals surface area contributed by atoms with Gasteiger partial charge >= 0.3 is 0 Å². The van der Waals surface area contributed by atoms with E-state index < -0.39 is 0 Å². The van der Waals surface area contributed by atoms with E-state index in [1.165, 1.54) is 0 Å². The summed E-state index contributed by atoms with van der Waals surface area (Å²) in [5, 5.41) is 6.21. The average Bonchev–Trinajstić information content (AvgIpc) is 2.49. The van der Waals surface area contributed by atoms with Crippen LogP contribution in [-0.4, -0.2) is 38.8 Å². The van der Waals surface area contributed by atoms with Crippen LogP contribution in [0.25, 0.3) is 0 Å². The van der Waals surface area contributed by atoms with Gasteiger partial charge < -0.3 is 20.1 Å². The third kappa shape index (κ3) is 5.02. The number of benzene rings is 1. The van der Waals surface area contributed by atoms with Crippen molar-refractivity contribution in [2.75, 3.05) is 32.2 Å². The number of hydrogen-bond acceptors (Lipinski definition) is 4. The number of hydrogen-bond donors (Lipinski definition) is 2. The molecule has 1 aromatic carbocycles. The Hall–Kier alpha value is -1.59. The molecule has 21 heavy (non-hydrogen) atoms. The number of methoxy groups -OCH3 is 1. The number of anilines is 1. The number of piperidine rings is 1. The van der Waals surface area contributed by atoms with E-state index in [-0.39, 0.29) is 11.9 Å². The molecule has 1 fully saturated rings. The fraction of sp³-hybridized carbons (Fsp3) is 0.562. The number of rotatable bonds is 6. The summed E-state index contributed by atoms with van der Waals surface area (Å²) >= 11 is 0. The SMILES string of the molecule is COCCOc1ccc(NC(=O)C2CC(C)CCN2)cc1. The quantitative estimate of drug-likeness (QED) is 0.788. The first-order valence-corrected chi connectivity index (χ1v) is 7.45. The van der Waals surface area contributed by atoms with Crippen LogP contribution < -0.4 is 15.4 Å². The van der Waals surface area contributed by atoms with Crippen molar-refractivity contribution in [3.8, 4) is 5.75 Å². The largest absolute Gasteiger partial charge is 0.491 e. The zero-order valence-corrected chi connectivity index (χ0v) is 12.7. The van der Waals surface area contributed by atoms with Gasteiger partial charge in [0.15, 0.2) is 0 Å². The molecular weight excluding hydrogens is 268 g/mol. The number of amides is 1. The fourth-order valence-electron chi connectivity index (χ4n) is 2.41. The van der Waals surface area contributed by atoms with Gasteiger partial charge in [0.25, 0.3) is 0 Å². The third-order valence-electron chi connectivity index (χ3n) is 3.66. The van der Waals surface area contributed by atoms with Gasteiger partial charge in [-0.05, 0) is 49.6 Å². The molecule has 0 saturated carbocycles. The second-order valence-corrected chi connectivity index (χ2v) is 5.49. The molecule has 1 aromatic rings. The van der Waals surface area contributed by atoms with Crippen molar-refractivity contribution >= 4 is 11.6 Å². The second kappa shape index (κ2) is 8.00. The average molecular weight is 292 g/mol. The van der Waals surface area contributed by atoms with Crippen LogP contribution in [0.1, 0.15) is 19.8 Å². The predicted octanol–water partition coefficient (Wildman–Crippen LogP) is 2.04. The summed E-state index contributed by atoms with van der Waals surface area (Å²) in [6.07, 6.45) is 2.03. The van der Waals surface area contributed by atoms with Crippen LogP contribution in [0.4, 0.5) is 5.69 Å². The van der Waals surface area contributed by atoms with Gasteiger partial charge in [0, 0.05) is 12.8 Å². The Labute approximate surface area is 126 Å². The van der Waals surface area contributed by atoms with Crippen LogP contribution in [0.5, 0.6) is 5.75 Å². The Morgan fingerprint density at radius 2 is 2.10 bits per heavy atom. The first kappa shape index (κ1) is 15.8. The van der Waals surface area contributed by atoms with E-state index >= 15 is 0 Å². The topological polar surface area (TPSA) is 59.6 Å². The molecule has 2 rings (SSSR count). The van der Waals surface area contributed by atoms with Crippen LogP contribution in [-0.2, 0) is 9.53 Å². The summed E-state index contributed by atoms with van der Waals surface area (Å²) < 4.78 is 10.4. The molecule has 0 aliphatic carbocycles. The molecule has 2 unspecified atom stereocenters. The minimum atomic E-state index is -0.0913. The zero-order chi connectivity index (χ0) is 15.1. The zero-order valence-electron chi connectivity index (χ0n) is 12.7. The smallest absolute Gasteiger partial charge is 0.241 e. The Morgan fingerprint density at radius 3 is 2.76 bits per heavy atom. The second-order valence-electron chi connectivity index (χ2n) is 5.49. The summed E-state index contributed by atoms with van der Waals surface area (Å²) in [7, 11) is 1.64. The summed E-state index contributed by atoms with van der Waals surface area (Å²) in [4.78, 5) is 12.2. The van der Waals surface area contributed by atoms with Crippen LogP contribution in [0, 0.1) is 5.92 Å². The van der Waals surface area contributed by atoms with Gasteiger partial charge in [-0.2, -0.15) is 0 Å². The van der Waals surface area contributed by atoms with E-state index in [0.29, 0.717) is 19.1 Å². The van der Waals surface area contributed by atoms with Gasteiger partial charge in [-0.15, -0.1) is 0 Å². The van der Waals surface area contributed by atoms with Gasteiger partial charge in [0.2, 0.25) is 5.91 Å². The number of ether oxygens (including phenoxy) is 2. The molecule has 116 valence electrons. The number of nitrogens with one attached hydrogen (secondary N) is 2. The summed E-state index contributed by atoms with van der Waals surface area (Å²) in [5.74, 6) is 1.41. The van der Waals surface area contributed by atoms with E-state index in [9.17, 15) is 4.79 Å². The van der Waals surface area contributed by atoms with Crippen molar-refractivity contribution < 1.29 is 14.3 Å². The van der Waals surface area contributed by atoms with Crippen molar-refractivity contribution in [2.24, 2.45) is 5.92 Å². The predicted molar refractivity (Wildman–Crippen MR) is 82.6 cm³/mol. The lowest BCUT2D eigenvalue weighted by molar-refractivity contribution is -0.119. The Kier molecular flexibility index (Phi) is 6.02. The lowest BCUT2D eigenvalue weighted by Crippen LogP contribution is -2.45. The molecule has 5 heteroatoms. The minimum Gasteiger partial charge on any atom is -0.491 e. The molecule has 1 amide bonds. The van der Waals surface area contributed by atoms with E-state index in [4.69, 9.17) is 9.47 Å². The van der Waals surface area contributed by atoms with Gasteiger partial charge in [0.05, 0.1) is 12.6 Å². The number of carbonyl (C=O) groups is 1. The standard InChI is InChI=1S/C16H24N2O3/c1-12-7-8-17-15(11-12)16(19)18-13-3-5-14(6-4-13)21-10-9-20-2/h3-6,12,15,17H,7-11H2,1-2H3,(H,18,19). The summed E-state index contributed by atoms with van der Waals surface area (Å²) in [6, 6.07) is 7.31. The number of carbonyl (C=O) groups excluding carboxylic acids is 1. The molecule has 0 spiro atoms. The third-order valence-corrected chi connectivity index (χ3v) is 3.66. The molecule has 0 radical (unpaired) electrons. The maximum Gasteiger partial charge on any atom is 0.241 e. The molecule has 1 aliphatic rings. The van der Waals surface area contributed by atoms with Crippen LogP contribution in [0.2, 0.25) is 0 Å². The molecule has 1 heterocycles. The first-order chi connectivity index (χ1) is 10.2. The molecular formula is C16H24N2O3. The molecule has 2 N–H and O–H groups in total. The Bertz CT molecular complexity index is 447. The molecule has 0 bridgehead atoms. The van der Waals surface area contributed by atoms with Gasteiger partial charge in [0.1, 0.15) is 12.4 Å². The van der Waals surface area contributed by atoms with Gasteiger partial charge in [-0.3, -0.25) is 4.79 Å².